The molecule has 2 aliphatic heterocycles. The van der Waals surface area contributed by atoms with Crippen LogP contribution in [0.3, 0.4) is 0 Å². The third-order valence-corrected chi connectivity index (χ3v) is 9.35. The molecule has 0 amide bonds. The maximum atomic E-state index is 11.8. The third-order valence-electron chi connectivity index (χ3n) is 9.35. The molecule has 3 N–H and O–H groups in total. The quantitative estimate of drug-likeness (QED) is 0.0707. The Bertz CT molecular complexity index is 713. The Balaban J connectivity index is 1.41. The van der Waals surface area contributed by atoms with Crippen LogP contribution in [0.1, 0.15) is 168 Å². The molecular formula is C35H64O7. The summed E-state index contributed by atoms with van der Waals surface area (Å²) >= 11 is 0. The second-order valence-corrected chi connectivity index (χ2v) is 13.4. The van der Waals surface area contributed by atoms with E-state index in [0.717, 1.165) is 77.0 Å². The zero-order chi connectivity index (χ0) is 30.6. The van der Waals surface area contributed by atoms with Crippen LogP contribution in [0.4, 0.5) is 0 Å². The number of rotatable bonds is 26. The summed E-state index contributed by atoms with van der Waals surface area (Å²) in [6.07, 6.45) is 22.2. The maximum absolute atomic E-state index is 11.8. The molecule has 0 radical (unpaired) electrons. The summed E-state index contributed by atoms with van der Waals surface area (Å²) in [5, 5.41) is 31.6. The number of esters is 1. The van der Waals surface area contributed by atoms with Crippen molar-refractivity contribution >= 4 is 11.8 Å². The van der Waals surface area contributed by atoms with Crippen molar-refractivity contribution in [3.63, 3.8) is 0 Å². The van der Waals surface area contributed by atoms with E-state index in [9.17, 15) is 24.9 Å². The number of aliphatic hydroxyl groups excluding tert-OH is 3. The molecule has 7 nitrogen and oxygen atoms in total. The van der Waals surface area contributed by atoms with Gasteiger partial charge in [-0.2, -0.15) is 0 Å². The molecule has 7 unspecified atom stereocenters. The fourth-order valence-corrected chi connectivity index (χ4v) is 6.69. The average Bonchev–Trinajstić information content (AvgIpc) is 3.58. The Labute approximate surface area is 256 Å². The Hall–Kier alpha value is -1.02. The lowest BCUT2D eigenvalue weighted by molar-refractivity contribution is -0.145. The van der Waals surface area contributed by atoms with E-state index >= 15 is 0 Å². The molecule has 2 heterocycles. The van der Waals surface area contributed by atoms with Crippen LogP contribution in [0.25, 0.3) is 0 Å². The smallest absolute Gasteiger partial charge is 0.309 e. The zero-order valence-electron chi connectivity index (χ0n) is 27.0. The molecule has 0 bridgehead atoms. The molecule has 0 spiro atoms. The van der Waals surface area contributed by atoms with E-state index in [2.05, 4.69) is 6.92 Å². The van der Waals surface area contributed by atoms with E-state index in [-0.39, 0.29) is 48.5 Å². The average molecular weight is 597 g/mol. The van der Waals surface area contributed by atoms with Crippen molar-refractivity contribution in [1.82, 2.24) is 0 Å². The molecule has 2 aliphatic rings. The number of hydrogen-bond donors (Lipinski definition) is 3. The van der Waals surface area contributed by atoms with Crippen LogP contribution in [-0.4, -0.2) is 63.7 Å². The fourth-order valence-electron chi connectivity index (χ4n) is 6.69. The summed E-state index contributed by atoms with van der Waals surface area (Å²) in [5.74, 6) is -0.459. The number of Topliss-reactive ketones (excluding diaryl/α,β-unsaturated/α-hetero) is 1. The highest BCUT2D eigenvalue weighted by atomic mass is 16.6. The van der Waals surface area contributed by atoms with Crippen molar-refractivity contribution in [2.45, 2.75) is 205 Å². The summed E-state index contributed by atoms with van der Waals surface area (Å²) < 4.78 is 11.5. The molecule has 42 heavy (non-hydrogen) atoms. The van der Waals surface area contributed by atoms with Crippen molar-refractivity contribution in [1.29, 1.82) is 0 Å². The van der Waals surface area contributed by atoms with Gasteiger partial charge in [0.1, 0.15) is 11.9 Å². The second-order valence-electron chi connectivity index (χ2n) is 13.4. The number of carbonyl (C=O) groups is 2. The van der Waals surface area contributed by atoms with Crippen molar-refractivity contribution in [3.8, 4) is 0 Å². The van der Waals surface area contributed by atoms with E-state index in [0.29, 0.717) is 12.8 Å². The van der Waals surface area contributed by atoms with Crippen molar-refractivity contribution in [2.75, 3.05) is 0 Å². The van der Waals surface area contributed by atoms with Crippen LogP contribution >= 0.6 is 0 Å². The van der Waals surface area contributed by atoms with Gasteiger partial charge in [0.15, 0.2) is 0 Å². The molecule has 2 fully saturated rings. The summed E-state index contributed by atoms with van der Waals surface area (Å²) in [6.45, 7) is 3.77. The largest absolute Gasteiger partial charge is 0.462 e. The van der Waals surface area contributed by atoms with E-state index in [1.807, 2.05) is 0 Å². The van der Waals surface area contributed by atoms with Gasteiger partial charge in [0.25, 0.3) is 0 Å². The lowest BCUT2D eigenvalue weighted by Gasteiger charge is -2.22. The first kappa shape index (κ1) is 37.2. The number of ketones is 1. The first-order valence-electron chi connectivity index (χ1n) is 17.7. The van der Waals surface area contributed by atoms with E-state index in [4.69, 9.17) is 9.47 Å². The van der Waals surface area contributed by atoms with Gasteiger partial charge in [0.2, 0.25) is 0 Å². The normalized spacial score (nSPS) is 24.5. The summed E-state index contributed by atoms with van der Waals surface area (Å²) in [6, 6.07) is 0. The highest BCUT2D eigenvalue weighted by Gasteiger charge is 2.35. The van der Waals surface area contributed by atoms with Crippen LogP contribution in [0.2, 0.25) is 0 Å². The van der Waals surface area contributed by atoms with Crippen molar-refractivity contribution in [2.24, 2.45) is 5.92 Å². The van der Waals surface area contributed by atoms with E-state index in [1.165, 1.54) is 64.7 Å². The number of unbranched alkanes of at least 4 members (excludes halogenated alkanes) is 12. The van der Waals surface area contributed by atoms with Gasteiger partial charge in [-0.05, 0) is 64.7 Å². The number of cyclic esters (lactones) is 1. The molecule has 0 aromatic rings. The molecule has 246 valence electrons. The summed E-state index contributed by atoms with van der Waals surface area (Å²) in [4.78, 5) is 23.1. The molecule has 0 saturated carbocycles. The van der Waals surface area contributed by atoms with Crippen LogP contribution < -0.4 is 0 Å². The predicted octanol–water partition coefficient (Wildman–Crippen LogP) is 7.35. The molecule has 7 heteroatoms. The van der Waals surface area contributed by atoms with Gasteiger partial charge < -0.3 is 29.6 Å². The number of carbonyl (C=O) groups excluding carboxylic acids is 2. The topological polar surface area (TPSA) is 113 Å². The van der Waals surface area contributed by atoms with E-state index < -0.39 is 12.2 Å². The Morgan fingerprint density at radius 1 is 0.738 bits per heavy atom. The SMILES string of the molecule is CCCCCCCCCCCCC(O)C1CCC(C(O)CCCCC(O)CCCCCC2CC(CC(C)=O)C(=O)O2)O1. The second kappa shape index (κ2) is 22.5. The standard InChI is InChI=1S/C35H64O7/c1-3-4-5-6-7-8-9-10-11-15-21-31(38)33-23-24-34(42-33)32(39)22-17-16-19-29(37)18-13-12-14-20-30-26-28(25-27(2)36)35(40)41-30/h28-34,37-39H,3-26H2,1-2H3. The highest BCUT2D eigenvalue weighted by molar-refractivity contribution is 5.83. The minimum absolute atomic E-state index is 0.0338. The lowest BCUT2D eigenvalue weighted by Crippen LogP contribution is -2.31. The van der Waals surface area contributed by atoms with Gasteiger partial charge >= 0.3 is 5.97 Å². The van der Waals surface area contributed by atoms with Gasteiger partial charge in [-0.15, -0.1) is 0 Å². The van der Waals surface area contributed by atoms with Crippen molar-refractivity contribution in [3.05, 3.63) is 0 Å². The van der Waals surface area contributed by atoms with Gasteiger partial charge in [-0.3, -0.25) is 4.79 Å². The highest BCUT2D eigenvalue weighted by Crippen LogP contribution is 2.29. The molecule has 0 aliphatic carbocycles. The van der Waals surface area contributed by atoms with Crippen LogP contribution in [0.15, 0.2) is 0 Å². The predicted molar refractivity (Wildman–Crippen MR) is 167 cm³/mol. The number of ether oxygens (including phenoxy) is 2. The number of hydrogen-bond acceptors (Lipinski definition) is 7. The molecule has 0 aromatic heterocycles. The molecule has 0 aromatic carbocycles. The fraction of sp³-hybridized carbons (Fsp3) is 0.943. The monoisotopic (exact) mass is 596 g/mol. The zero-order valence-corrected chi connectivity index (χ0v) is 27.0. The Kier molecular flexibility index (Phi) is 19.9. The minimum atomic E-state index is -0.503. The first-order valence-corrected chi connectivity index (χ1v) is 17.7. The molecule has 7 atom stereocenters. The summed E-state index contributed by atoms with van der Waals surface area (Å²) in [7, 11) is 0. The lowest BCUT2D eigenvalue weighted by atomic mass is 9.96. The number of aliphatic hydroxyl groups is 3. The van der Waals surface area contributed by atoms with Gasteiger partial charge in [0.05, 0.1) is 36.4 Å². The van der Waals surface area contributed by atoms with Crippen LogP contribution in [-0.2, 0) is 19.1 Å². The van der Waals surface area contributed by atoms with Crippen LogP contribution in [0, 0.1) is 5.92 Å². The Morgan fingerprint density at radius 3 is 1.79 bits per heavy atom. The van der Waals surface area contributed by atoms with Crippen LogP contribution in [0.5, 0.6) is 0 Å². The van der Waals surface area contributed by atoms with Gasteiger partial charge in [-0.25, -0.2) is 0 Å². The van der Waals surface area contributed by atoms with Crippen molar-refractivity contribution < 1.29 is 34.4 Å². The van der Waals surface area contributed by atoms with Gasteiger partial charge in [0, 0.05) is 6.42 Å². The third kappa shape index (κ3) is 16.2. The molecule has 2 rings (SSSR count). The van der Waals surface area contributed by atoms with E-state index in [1.54, 1.807) is 0 Å². The minimum Gasteiger partial charge on any atom is -0.462 e. The summed E-state index contributed by atoms with van der Waals surface area (Å²) in [5.41, 5.74) is 0. The van der Waals surface area contributed by atoms with Gasteiger partial charge in [-0.1, -0.05) is 96.8 Å². The molecular weight excluding hydrogens is 532 g/mol. The molecule has 2 saturated heterocycles. The Morgan fingerprint density at radius 2 is 1.21 bits per heavy atom. The maximum Gasteiger partial charge on any atom is 0.309 e. The first-order chi connectivity index (χ1) is 20.3.